The SMILES string of the molecule is CCN(CC)CC.CN(C)C=O.CO. The topological polar surface area (TPSA) is 43.8 Å². The maximum absolute atomic E-state index is 9.43. The van der Waals surface area contributed by atoms with Crippen molar-refractivity contribution in [2.45, 2.75) is 20.8 Å². The summed E-state index contributed by atoms with van der Waals surface area (Å²) in [5.41, 5.74) is 0. The Morgan fingerprint density at radius 1 is 1.00 bits per heavy atom. The smallest absolute Gasteiger partial charge is 0.209 e. The first-order chi connectivity index (χ1) is 6.62. The minimum absolute atomic E-state index is 0.750. The molecular formula is C10H26N2O2. The van der Waals surface area contributed by atoms with E-state index in [0.29, 0.717) is 0 Å². The highest BCUT2D eigenvalue weighted by atomic mass is 16.2. The van der Waals surface area contributed by atoms with E-state index in [9.17, 15) is 4.79 Å². The second kappa shape index (κ2) is 18.2. The Morgan fingerprint density at radius 3 is 1.21 bits per heavy atom. The second-order valence-corrected chi connectivity index (χ2v) is 2.69. The number of hydrogen-bond donors (Lipinski definition) is 1. The Kier molecular flexibility index (Phi) is 24.8. The summed E-state index contributed by atoms with van der Waals surface area (Å²) in [6, 6.07) is 0. The van der Waals surface area contributed by atoms with Crippen molar-refractivity contribution >= 4 is 6.41 Å². The predicted octanol–water partition coefficient (Wildman–Crippen LogP) is 0.661. The molecule has 0 bridgehead atoms. The molecule has 0 aliphatic carbocycles. The van der Waals surface area contributed by atoms with Crippen LogP contribution in [0.2, 0.25) is 0 Å². The van der Waals surface area contributed by atoms with Gasteiger partial charge in [-0.25, -0.2) is 0 Å². The largest absolute Gasteiger partial charge is 0.400 e. The number of aliphatic hydroxyl groups excluding tert-OH is 1. The van der Waals surface area contributed by atoms with E-state index in [-0.39, 0.29) is 0 Å². The van der Waals surface area contributed by atoms with Crippen LogP contribution in [0.4, 0.5) is 0 Å². The first kappa shape index (κ1) is 19.0. The number of amides is 1. The zero-order valence-corrected chi connectivity index (χ0v) is 10.4. The predicted molar refractivity (Wildman–Crippen MR) is 61.4 cm³/mol. The van der Waals surface area contributed by atoms with Crippen LogP contribution in [0.3, 0.4) is 0 Å². The van der Waals surface area contributed by atoms with Gasteiger partial charge in [-0.3, -0.25) is 4.79 Å². The summed E-state index contributed by atoms with van der Waals surface area (Å²) in [4.78, 5) is 13.2. The highest BCUT2D eigenvalue weighted by molar-refractivity contribution is 5.45. The summed E-state index contributed by atoms with van der Waals surface area (Å²) in [5.74, 6) is 0. The van der Waals surface area contributed by atoms with Crippen molar-refractivity contribution in [3.63, 3.8) is 0 Å². The summed E-state index contributed by atoms with van der Waals surface area (Å²) in [6.07, 6.45) is 0.750. The van der Waals surface area contributed by atoms with Gasteiger partial charge in [0.2, 0.25) is 6.41 Å². The van der Waals surface area contributed by atoms with Crippen molar-refractivity contribution < 1.29 is 9.90 Å². The van der Waals surface area contributed by atoms with E-state index in [4.69, 9.17) is 5.11 Å². The fourth-order valence-electron chi connectivity index (χ4n) is 0.671. The van der Waals surface area contributed by atoms with Gasteiger partial charge in [-0.05, 0) is 19.6 Å². The van der Waals surface area contributed by atoms with Crippen LogP contribution in [0, 0.1) is 0 Å². The van der Waals surface area contributed by atoms with E-state index in [1.807, 2.05) is 0 Å². The fraction of sp³-hybridized carbons (Fsp3) is 0.900. The molecule has 1 N–H and O–H groups in total. The van der Waals surface area contributed by atoms with E-state index in [2.05, 4.69) is 25.7 Å². The van der Waals surface area contributed by atoms with Gasteiger partial charge >= 0.3 is 0 Å². The van der Waals surface area contributed by atoms with Gasteiger partial charge < -0.3 is 14.9 Å². The van der Waals surface area contributed by atoms with Crippen LogP contribution in [-0.4, -0.2) is 62.2 Å². The summed E-state index contributed by atoms with van der Waals surface area (Å²) in [7, 11) is 4.38. The third-order valence-electron chi connectivity index (χ3n) is 1.55. The molecule has 14 heavy (non-hydrogen) atoms. The van der Waals surface area contributed by atoms with Crippen LogP contribution >= 0.6 is 0 Å². The molecule has 0 saturated carbocycles. The molecule has 0 rings (SSSR count). The highest BCUT2D eigenvalue weighted by Gasteiger charge is 1.89. The average molecular weight is 206 g/mol. The monoisotopic (exact) mass is 206 g/mol. The minimum atomic E-state index is 0.750. The van der Waals surface area contributed by atoms with Gasteiger partial charge in [0.15, 0.2) is 0 Å². The van der Waals surface area contributed by atoms with E-state index in [0.717, 1.165) is 13.5 Å². The van der Waals surface area contributed by atoms with Gasteiger partial charge in [0.1, 0.15) is 0 Å². The lowest BCUT2D eigenvalue weighted by Gasteiger charge is -2.13. The molecule has 88 valence electrons. The number of rotatable bonds is 4. The summed E-state index contributed by atoms with van der Waals surface area (Å²) >= 11 is 0. The summed E-state index contributed by atoms with van der Waals surface area (Å²) in [5, 5.41) is 7.00. The van der Waals surface area contributed by atoms with Crippen LogP contribution in [0.15, 0.2) is 0 Å². The molecule has 0 fully saturated rings. The van der Waals surface area contributed by atoms with Gasteiger partial charge in [-0.2, -0.15) is 0 Å². The van der Waals surface area contributed by atoms with Crippen molar-refractivity contribution in [3.05, 3.63) is 0 Å². The first-order valence-electron chi connectivity index (χ1n) is 4.91. The molecular weight excluding hydrogens is 180 g/mol. The third kappa shape index (κ3) is 22.5. The molecule has 0 aromatic heterocycles. The van der Waals surface area contributed by atoms with Crippen LogP contribution in [-0.2, 0) is 4.79 Å². The van der Waals surface area contributed by atoms with Crippen molar-refractivity contribution in [2.24, 2.45) is 0 Å². The van der Waals surface area contributed by atoms with Crippen LogP contribution in [0.25, 0.3) is 0 Å². The zero-order valence-electron chi connectivity index (χ0n) is 10.4. The quantitative estimate of drug-likeness (QED) is 0.687. The fourth-order valence-corrected chi connectivity index (χ4v) is 0.671. The number of hydrogen-bond acceptors (Lipinski definition) is 3. The normalized spacial score (nSPS) is 8.00. The Bertz CT molecular complexity index is 88.6. The molecule has 0 radical (unpaired) electrons. The number of carbonyl (C=O) groups excluding carboxylic acids is 1. The number of carbonyl (C=O) groups is 1. The molecule has 0 aliphatic rings. The van der Waals surface area contributed by atoms with Gasteiger partial charge in [0.05, 0.1) is 0 Å². The van der Waals surface area contributed by atoms with Crippen molar-refractivity contribution in [2.75, 3.05) is 40.8 Å². The third-order valence-corrected chi connectivity index (χ3v) is 1.55. The Labute approximate surface area is 88.5 Å². The van der Waals surface area contributed by atoms with E-state index < -0.39 is 0 Å². The lowest BCUT2D eigenvalue weighted by Crippen LogP contribution is -2.21. The molecule has 0 atom stereocenters. The zero-order chi connectivity index (χ0) is 12.0. The Hall–Kier alpha value is -0.610. The summed E-state index contributed by atoms with van der Waals surface area (Å²) < 4.78 is 0. The van der Waals surface area contributed by atoms with Gasteiger partial charge in [0, 0.05) is 21.2 Å². The minimum Gasteiger partial charge on any atom is -0.400 e. The van der Waals surface area contributed by atoms with Crippen LogP contribution < -0.4 is 0 Å². The second-order valence-electron chi connectivity index (χ2n) is 2.69. The molecule has 0 spiro atoms. The standard InChI is InChI=1S/C6H15N.C3H7NO.CH4O/c1-4-7(5-2)6-3;1-4(2)3-5;1-2/h4-6H2,1-3H3;3H,1-2H3;2H,1H3. The maximum atomic E-state index is 9.43. The molecule has 1 amide bonds. The molecule has 0 aromatic rings. The van der Waals surface area contributed by atoms with Gasteiger partial charge in [-0.1, -0.05) is 20.8 Å². The molecule has 4 heteroatoms. The molecule has 4 nitrogen and oxygen atoms in total. The maximum Gasteiger partial charge on any atom is 0.209 e. The Balaban J connectivity index is -0.000000152. The average Bonchev–Trinajstić information content (AvgIpc) is 2.24. The summed E-state index contributed by atoms with van der Waals surface area (Å²) in [6.45, 7) is 10.1. The lowest BCUT2D eigenvalue weighted by molar-refractivity contribution is -0.115. The highest BCUT2D eigenvalue weighted by Crippen LogP contribution is 1.81. The number of aliphatic hydroxyl groups is 1. The van der Waals surface area contributed by atoms with Crippen molar-refractivity contribution in [1.82, 2.24) is 9.80 Å². The van der Waals surface area contributed by atoms with Gasteiger partial charge in [-0.15, -0.1) is 0 Å². The van der Waals surface area contributed by atoms with Crippen LogP contribution in [0.1, 0.15) is 20.8 Å². The molecule has 0 saturated heterocycles. The lowest BCUT2D eigenvalue weighted by atomic mass is 10.5. The molecule has 0 heterocycles. The van der Waals surface area contributed by atoms with E-state index in [1.165, 1.54) is 24.5 Å². The van der Waals surface area contributed by atoms with Crippen LogP contribution in [0.5, 0.6) is 0 Å². The number of nitrogens with zero attached hydrogens (tertiary/aromatic N) is 2. The Morgan fingerprint density at radius 2 is 1.21 bits per heavy atom. The van der Waals surface area contributed by atoms with Crippen molar-refractivity contribution in [1.29, 1.82) is 0 Å². The molecule has 0 unspecified atom stereocenters. The van der Waals surface area contributed by atoms with E-state index in [1.54, 1.807) is 14.1 Å². The molecule has 0 aromatic carbocycles. The molecule has 0 aliphatic heterocycles. The first-order valence-corrected chi connectivity index (χ1v) is 4.91. The van der Waals surface area contributed by atoms with Gasteiger partial charge in [0.25, 0.3) is 0 Å². The van der Waals surface area contributed by atoms with E-state index >= 15 is 0 Å². The van der Waals surface area contributed by atoms with Crippen molar-refractivity contribution in [3.8, 4) is 0 Å².